The number of halogens is 1. The molecule has 1 aliphatic heterocycles. The molecule has 0 spiro atoms. The van der Waals surface area contributed by atoms with E-state index < -0.39 is 24.1 Å². The normalized spacial score (nSPS) is 19.1. The molecule has 23 heavy (non-hydrogen) atoms. The second kappa shape index (κ2) is 5.35. The van der Waals surface area contributed by atoms with Gasteiger partial charge in [-0.2, -0.15) is 5.10 Å². The molecule has 0 unspecified atom stereocenters. The summed E-state index contributed by atoms with van der Waals surface area (Å²) in [4.78, 5) is 0. The number of methoxy groups -OCH3 is 1. The van der Waals surface area contributed by atoms with E-state index in [-0.39, 0.29) is 5.75 Å². The number of benzene rings is 1. The van der Waals surface area contributed by atoms with Crippen molar-refractivity contribution in [2.75, 3.05) is 7.11 Å². The highest BCUT2D eigenvalue weighted by molar-refractivity contribution is 6.62. The molecule has 1 saturated heterocycles. The monoisotopic (exact) mass is 318 g/mol. The lowest BCUT2D eigenvalue weighted by Crippen LogP contribution is -2.41. The summed E-state index contributed by atoms with van der Waals surface area (Å²) in [6.07, 6.45) is 3.51. The van der Waals surface area contributed by atoms with E-state index in [2.05, 4.69) is 5.10 Å². The van der Waals surface area contributed by atoms with Crippen molar-refractivity contribution in [3.8, 4) is 11.4 Å². The fraction of sp³-hybridized carbons (Fsp3) is 0.438. The van der Waals surface area contributed by atoms with Gasteiger partial charge in [0.05, 0.1) is 24.0 Å². The summed E-state index contributed by atoms with van der Waals surface area (Å²) in [5, 5.41) is 4.31. The van der Waals surface area contributed by atoms with E-state index in [0.29, 0.717) is 5.69 Å². The number of aromatic nitrogens is 2. The summed E-state index contributed by atoms with van der Waals surface area (Å²) in [5.41, 5.74) is 0.704. The molecule has 1 aromatic carbocycles. The second-order valence-corrected chi connectivity index (χ2v) is 6.63. The largest absolute Gasteiger partial charge is 0.498 e. The average molecular weight is 318 g/mol. The van der Waals surface area contributed by atoms with Crippen LogP contribution in [0.3, 0.4) is 0 Å². The standard InChI is InChI=1S/C16H20BFN2O3/c1-15(2)16(3,4)23-17(22-15)11-9-19-20(10-11)12-6-7-13(18)14(8-12)21-5/h6-10H,1-5H3. The van der Waals surface area contributed by atoms with Crippen LogP contribution >= 0.6 is 0 Å². The van der Waals surface area contributed by atoms with Crippen LogP contribution in [0.5, 0.6) is 5.75 Å². The van der Waals surface area contributed by atoms with Crippen LogP contribution in [0.2, 0.25) is 0 Å². The lowest BCUT2D eigenvalue weighted by molar-refractivity contribution is 0.00578. The van der Waals surface area contributed by atoms with Crippen molar-refractivity contribution in [3.63, 3.8) is 0 Å². The van der Waals surface area contributed by atoms with E-state index in [1.807, 2.05) is 33.9 Å². The molecular formula is C16H20BFN2O3. The molecule has 2 aromatic rings. The number of rotatable bonds is 3. The smallest absolute Gasteiger partial charge is 0.494 e. The van der Waals surface area contributed by atoms with E-state index in [1.54, 1.807) is 23.0 Å². The van der Waals surface area contributed by atoms with E-state index in [4.69, 9.17) is 14.0 Å². The van der Waals surface area contributed by atoms with Crippen molar-refractivity contribution in [2.45, 2.75) is 38.9 Å². The Balaban J connectivity index is 1.87. The Hall–Kier alpha value is -1.86. The predicted octanol–water partition coefficient (Wildman–Crippen LogP) is 2.32. The van der Waals surface area contributed by atoms with E-state index in [1.165, 1.54) is 13.2 Å². The number of hydrogen-bond donors (Lipinski definition) is 0. The average Bonchev–Trinajstić information content (AvgIpc) is 3.03. The number of hydrogen-bond acceptors (Lipinski definition) is 4. The van der Waals surface area contributed by atoms with Gasteiger partial charge in [-0.25, -0.2) is 9.07 Å². The molecule has 1 fully saturated rings. The first-order chi connectivity index (χ1) is 10.7. The highest BCUT2D eigenvalue weighted by Crippen LogP contribution is 2.36. The first-order valence-electron chi connectivity index (χ1n) is 7.48. The topological polar surface area (TPSA) is 45.5 Å². The maximum atomic E-state index is 13.5. The maximum absolute atomic E-state index is 13.5. The predicted molar refractivity (Wildman–Crippen MR) is 85.8 cm³/mol. The zero-order valence-corrected chi connectivity index (χ0v) is 14.0. The third-order valence-corrected chi connectivity index (χ3v) is 4.53. The minimum Gasteiger partial charge on any atom is -0.494 e. The van der Waals surface area contributed by atoms with Crippen molar-refractivity contribution in [2.24, 2.45) is 0 Å². The summed E-state index contributed by atoms with van der Waals surface area (Å²) in [7, 11) is 0.956. The molecule has 0 N–H and O–H groups in total. The van der Waals surface area contributed by atoms with Crippen LogP contribution in [0.1, 0.15) is 27.7 Å². The summed E-state index contributed by atoms with van der Waals surface area (Å²) < 4.78 is 32.2. The van der Waals surface area contributed by atoms with Crippen molar-refractivity contribution < 1.29 is 18.4 Å². The van der Waals surface area contributed by atoms with Crippen LogP contribution in [0.4, 0.5) is 4.39 Å². The summed E-state index contributed by atoms with van der Waals surface area (Å²) in [6.45, 7) is 8.01. The van der Waals surface area contributed by atoms with Crippen LogP contribution in [0, 0.1) is 5.82 Å². The molecule has 1 aliphatic rings. The Morgan fingerprint density at radius 3 is 2.43 bits per heavy atom. The lowest BCUT2D eigenvalue weighted by atomic mass is 9.82. The summed E-state index contributed by atoms with van der Waals surface area (Å²) in [6, 6.07) is 4.58. The quantitative estimate of drug-likeness (QED) is 0.815. The van der Waals surface area contributed by atoms with Gasteiger partial charge in [0.25, 0.3) is 0 Å². The molecule has 0 aliphatic carbocycles. The Bertz CT molecular complexity index is 714. The lowest BCUT2D eigenvalue weighted by Gasteiger charge is -2.32. The molecule has 0 saturated carbocycles. The van der Waals surface area contributed by atoms with Crippen molar-refractivity contribution >= 4 is 12.6 Å². The van der Waals surface area contributed by atoms with Gasteiger partial charge in [-0.3, -0.25) is 0 Å². The van der Waals surface area contributed by atoms with Gasteiger partial charge in [0.15, 0.2) is 11.6 Å². The van der Waals surface area contributed by atoms with Crippen molar-refractivity contribution in [1.29, 1.82) is 0 Å². The fourth-order valence-corrected chi connectivity index (χ4v) is 2.37. The first kappa shape index (κ1) is 16.0. The summed E-state index contributed by atoms with van der Waals surface area (Å²) >= 11 is 0. The number of ether oxygens (including phenoxy) is 1. The van der Waals surface area contributed by atoms with Gasteiger partial charge in [0.1, 0.15) is 0 Å². The van der Waals surface area contributed by atoms with Crippen LogP contribution in [0.25, 0.3) is 5.69 Å². The Kier molecular flexibility index (Phi) is 3.73. The SMILES string of the molecule is COc1cc(-n2cc(B3OC(C)(C)C(C)(C)O3)cn2)ccc1F. The van der Waals surface area contributed by atoms with Crippen LogP contribution < -0.4 is 10.2 Å². The van der Waals surface area contributed by atoms with Crippen molar-refractivity contribution in [3.05, 3.63) is 36.4 Å². The Labute approximate surface area is 135 Å². The van der Waals surface area contributed by atoms with Crippen LogP contribution in [-0.2, 0) is 9.31 Å². The van der Waals surface area contributed by atoms with E-state index in [0.717, 1.165) is 5.46 Å². The van der Waals surface area contributed by atoms with E-state index in [9.17, 15) is 4.39 Å². The molecule has 0 radical (unpaired) electrons. The van der Waals surface area contributed by atoms with Gasteiger partial charge in [-0.1, -0.05) is 0 Å². The van der Waals surface area contributed by atoms with Gasteiger partial charge < -0.3 is 14.0 Å². The highest BCUT2D eigenvalue weighted by Gasteiger charge is 2.52. The number of nitrogens with zero attached hydrogens (tertiary/aromatic N) is 2. The highest BCUT2D eigenvalue weighted by atomic mass is 19.1. The van der Waals surface area contributed by atoms with Gasteiger partial charge in [-0.15, -0.1) is 0 Å². The third-order valence-electron chi connectivity index (χ3n) is 4.53. The van der Waals surface area contributed by atoms with Gasteiger partial charge in [0, 0.05) is 23.9 Å². The maximum Gasteiger partial charge on any atom is 0.498 e. The third kappa shape index (κ3) is 2.75. The van der Waals surface area contributed by atoms with Gasteiger partial charge >= 0.3 is 7.12 Å². The molecule has 5 nitrogen and oxygen atoms in total. The molecule has 2 heterocycles. The molecule has 0 atom stereocenters. The first-order valence-corrected chi connectivity index (χ1v) is 7.48. The molecule has 0 bridgehead atoms. The van der Waals surface area contributed by atoms with Gasteiger partial charge in [-0.05, 0) is 39.8 Å². The minimum absolute atomic E-state index is 0.176. The van der Waals surface area contributed by atoms with Gasteiger partial charge in [0.2, 0.25) is 0 Å². The molecule has 3 rings (SSSR count). The zero-order chi connectivity index (χ0) is 16.8. The molecule has 0 amide bonds. The Morgan fingerprint density at radius 2 is 1.83 bits per heavy atom. The van der Waals surface area contributed by atoms with Crippen LogP contribution in [-0.4, -0.2) is 35.2 Å². The molecule has 122 valence electrons. The molecule has 7 heteroatoms. The van der Waals surface area contributed by atoms with Crippen molar-refractivity contribution in [1.82, 2.24) is 9.78 Å². The fourth-order valence-electron chi connectivity index (χ4n) is 2.37. The molecule has 1 aromatic heterocycles. The molecular weight excluding hydrogens is 298 g/mol. The van der Waals surface area contributed by atoms with Crippen LogP contribution in [0.15, 0.2) is 30.6 Å². The zero-order valence-electron chi connectivity index (χ0n) is 14.0. The summed E-state index contributed by atoms with van der Waals surface area (Å²) in [5.74, 6) is -0.232. The minimum atomic E-state index is -0.476. The Morgan fingerprint density at radius 1 is 1.17 bits per heavy atom. The second-order valence-electron chi connectivity index (χ2n) is 6.63. The van der Waals surface area contributed by atoms with E-state index >= 15 is 0 Å².